The fourth-order valence-electron chi connectivity index (χ4n) is 3.81. The van der Waals surface area contributed by atoms with Gasteiger partial charge in [0.1, 0.15) is 11.3 Å². The molecule has 8 heteroatoms. The predicted octanol–water partition coefficient (Wildman–Crippen LogP) is 4.18. The second-order valence-corrected chi connectivity index (χ2v) is 9.47. The number of thioether (sulfide) groups is 1. The van der Waals surface area contributed by atoms with Gasteiger partial charge in [-0.05, 0) is 68.4 Å². The van der Waals surface area contributed by atoms with Crippen molar-refractivity contribution in [3.8, 4) is 11.4 Å². The number of aromatic nitrogens is 3. The average Bonchev–Trinajstić information content (AvgIpc) is 3.54. The summed E-state index contributed by atoms with van der Waals surface area (Å²) < 4.78 is 18.9. The molecule has 0 spiro atoms. The summed E-state index contributed by atoms with van der Waals surface area (Å²) in [6.45, 7) is 3.06. The minimum atomic E-state index is -0.0902. The number of hydrogen-bond acceptors (Lipinski definition) is 6. The van der Waals surface area contributed by atoms with Gasteiger partial charge in [-0.1, -0.05) is 11.8 Å². The molecule has 32 heavy (non-hydrogen) atoms. The van der Waals surface area contributed by atoms with Gasteiger partial charge < -0.3 is 19.2 Å². The molecule has 1 aromatic carbocycles. The number of fused-ring (bicyclic) bond motifs is 1. The monoisotopic (exact) mass is 455 g/mol. The van der Waals surface area contributed by atoms with Gasteiger partial charge in [0.2, 0.25) is 0 Å². The molecule has 1 saturated heterocycles. The molecule has 0 amide bonds. The Morgan fingerprint density at radius 1 is 1.12 bits per heavy atom. The predicted molar refractivity (Wildman–Crippen MR) is 125 cm³/mol. The Labute approximate surface area is 191 Å². The standard InChI is InChI=1S/C24H29N3O4S/c28-23-22-21(8-11-25-22)26-24(32-15-1-12-30-20-9-13-29-14-10-20)27(23)18-4-6-19(7-5-18)31-16-17-2-3-17/h4-8,11,17,20,25H,1-3,9-10,12-16H2. The van der Waals surface area contributed by atoms with Gasteiger partial charge in [0.25, 0.3) is 5.56 Å². The highest BCUT2D eigenvalue weighted by atomic mass is 32.2. The number of nitrogens with one attached hydrogen (secondary N) is 1. The van der Waals surface area contributed by atoms with Crippen molar-refractivity contribution >= 4 is 22.8 Å². The molecule has 0 atom stereocenters. The van der Waals surface area contributed by atoms with E-state index < -0.39 is 0 Å². The Hall–Kier alpha value is -2.29. The van der Waals surface area contributed by atoms with Crippen LogP contribution in [0.1, 0.15) is 32.1 Å². The summed E-state index contributed by atoms with van der Waals surface area (Å²) in [6.07, 6.45) is 7.43. The maximum atomic E-state index is 13.2. The number of aromatic amines is 1. The number of benzene rings is 1. The van der Waals surface area contributed by atoms with E-state index in [9.17, 15) is 4.79 Å². The molecular weight excluding hydrogens is 426 g/mol. The van der Waals surface area contributed by atoms with Crippen molar-refractivity contribution in [3.63, 3.8) is 0 Å². The van der Waals surface area contributed by atoms with Gasteiger partial charge in [-0.3, -0.25) is 9.36 Å². The molecular formula is C24H29N3O4S. The normalized spacial score (nSPS) is 17.1. The van der Waals surface area contributed by atoms with Gasteiger partial charge in [0.15, 0.2) is 5.16 Å². The fourth-order valence-corrected chi connectivity index (χ4v) is 4.73. The summed E-state index contributed by atoms with van der Waals surface area (Å²) in [6, 6.07) is 9.56. The topological polar surface area (TPSA) is 78.4 Å². The van der Waals surface area contributed by atoms with Crippen LogP contribution in [0, 0.1) is 5.92 Å². The van der Waals surface area contributed by atoms with Gasteiger partial charge in [-0.15, -0.1) is 0 Å². The molecule has 2 fully saturated rings. The molecule has 2 aliphatic rings. The molecule has 0 radical (unpaired) electrons. The zero-order valence-corrected chi connectivity index (χ0v) is 18.9. The molecule has 2 aromatic heterocycles. The molecule has 1 aliphatic carbocycles. The van der Waals surface area contributed by atoms with Crippen LogP contribution in [-0.2, 0) is 9.47 Å². The first-order valence-electron chi connectivity index (χ1n) is 11.4. The van der Waals surface area contributed by atoms with E-state index in [0.717, 1.165) is 56.3 Å². The first-order chi connectivity index (χ1) is 15.8. The molecule has 0 unspecified atom stereocenters. The van der Waals surface area contributed by atoms with Crippen molar-refractivity contribution in [2.24, 2.45) is 5.92 Å². The van der Waals surface area contributed by atoms with Crippen LogP contribution in [0.25, 0.3) is 16.7 Å². The summed E-state index contributed by atoms with van der Waals surface area (Å²) in [7, 11) is 0. The van der Waals surface area contributed by atoms with E-state index in [4.69, 9.17) is 19.2 Å². The molecule has 170 valence electrons. The smallest absolute Gasteiger partial charge is 0.283 e. The number of nitrogens with zero attached hydrogens (tertiary/aromatic N) is 2. The van der Waals surface area contributed by atoms with Gasteiger partial charge in [0.05, 0.1) is 23.9 Å². The van der Waals surface area contributed by atoms with E-state index in [1.165, 1.54) is 12.8 Å². The fraction of sp³-hybridized carbons (Fsp3) is 0.500. The number of rotatable bonds is 10. The highest BCUT2D eigenvalue weighted by Gasteiger charge is 2.22. The quantitative estimate of drug-likeness (QED) is 0.281. The molecule has 1 N–H and O–H groups in total. The molecule has 1 saturated carbocycles. The van der Waals surface area contributed by atoms with Crippen molar-refractivity contribution in [1.82, 2.24) is 14.5 Å². The zero-order chi connectivity index (χ0) is 21.8. The molecule has 7 nitrogen and oxygen atoms in total. The largest absolute Gasteiger partial charge is 0.493 e. The summed E-state index contributed by atoms with van der Waals surface area (Å²) in [5.74, 6) is 2.37. The lowest BCUT2D eigenvalue weighted by Crippen LogP contribution is -2.24. The van der Waals surface area contributed by atoms with Gasteiger partial charge in [-0.25, -0.2) is 4.98 Å². The second-order valence-electron chi connectivity index (χ2n) is 8.41. The van der Waals surface area contributed by atoms with Crippen molar-refractivity contribution in [2.45, 2.75) is 43.4 Å². The lowest BCUT2D eigenvalue weighted by atomic mass is 10.1. The van der Waals surface area contributed by atoms with Crippen LogP contribution in [0.4, 0.5) is 0 Å². The highest BCUT2D eigenvalue weighted by molar-refractivity contribution is 7.99. The number of ether oxygens (including phenoxy) is 3. The maximum Gasteiger partial charge on any atom is 0.283 e. The Balaban J connectivity index is 1.28. The maximum absolute atomic E-state index is 13.2. The molecule has 3 heterocycles. The van der Waals surface area contributed by atoms with Crippen LogP contribution < -0.4 is 10.3 Å². The lowest BCUT2D eigenvalue weighted by Gasteiger charge is -2.22. The Morgan fingerprint density at radius 2 is 1.94 bits per heavy atom. The summed E-state index contributed by atoms with van der Waals surface area (Å²) in [5.41, 5.74) is 1.91. The van der Waals surface area contributed by atoms with Crippen LogP contribution in [0.5, 0.6) is 5.75 Å². The third-order valence-electron chi connectivity index (χ3n) is 5.87. The summed E-state index contributed by atoms with van der Waals surface area (Å²) in [5, 5.41) is 0.694. The minimum Gasteiger partial charge on any atom is -0.493 e. The van der Waals surface area contributed by atoms with E-state index in [1.807, 2.05) is 30.3 Å². The van der Waals surface area contributed by atoms with Crippen LogP contribution in [0.2, 0.25) is 0 Å². The Bertz CT molecular complexity index is 1080. The van der Waals surface area contributed by atoms with E-state index in [-0.39, 0.29) is 5.56 Å². The third-order valence-corrected chi connectivity index (χ3v) is 6.89. The molecule has 0 bridgehead atoms. The first kappa shape index (κ1) is 21.6. The van der Waals surface area contributed by atoms with Gasteiger partial charge in [-0.2, -0.15) is 0 Å². The second kappa shape index (κ2) is 10.1. The third kappa shape index (κ3) is 5.19. The van der Waals surface area contributed by atoms with Crippen LogP contribution >= 0.6 is 11.8 Å². The Kier molecular flexibility index (Phi) is 6.80. The van der Waals surface area contributed by atoms with Crippen LogP contribution in [0.15, 0.2) is 46.5 Å². The van der Waals surface area contributed by atoms with E-state index >= 15 is 0 Å². The van der Waals surface area contributed by atoms with E-state index in [2.05, 4.69) is 4.98 Å². The van der Waals surface area contributed by atoms with Gasteiger partial charge in [0, 0.05) is 31.8 Å². The van der Waals surface area contributed by atoms with Gasteiger partial charge >= 0.3 is 0 Å². The summed E-state index contributed by atoms with van der Waals surface area (Å²) >= 11 is 1.59. The number of H-pyrrole nitrogens is 1. The molecule has 5 rings (SSSR count). The van der Waals surface area contributed by atoms with Crippen LogP contribution in [0.3, 0.4) is 0 Å². The number of hydrogen-bond donors (Lipinski definition) is 1. The zero-order valence-electron chi connectivity index (χ0n) is 18.1. The van der Waals surface area contributed by atoms with Crippen molar-refractivity contribution in [2.75, 3.05) is 32.2 Å². The minimum absolute atomic E-state index is 0.0902. The highest BCUT2D eigenvalue weighted by Crippen LogP contribution is 2.30. The summed E-state index contributed by atoms with van der Waals surface area (Å²) in [4.78, 5) is 21.0. The van der Waals surface area contributed by atoms with Crippen molar-refractivity contribution < 1.29 is 14.2 Å². The van der Waals surface area contributed by atoms with Crippen LogP contribution in [-0.4, -0.2) is 52.8 Å². The van der Waals surface area contributed by atoms with Crippen molar-refractivity contribution in [3.05, 3.63) is 46.9 Å². The molecule has 3 aromatic rings. The average molecular weight is 456 g/mol. The van der Waals surface area contributed by atoms with E-state index in [0.29, 0.717) is 34.8 Å². The Morgan fingerprint density at radius 3 is 2.72 bits per heavy atom. The van der Waals surface area contributed by atoms with Crippen molar-refractivity contribution in [1.29, 1.82) is 0 Å². The van der Waals surface area contributed by atoms with E-state index in [1.54, 1.807) is 22.5 Å². The SMILES string of the molecule is O=c1c2[nH]ccc2nc(SCCCOC2CCOCC2)n1-c1ccc(OCC2CC2)cc1. The lowest BCUT2D eigenvalue weighted by molar-refractivity contribution is -0.0312. The first-order valence-corrected chi connectivity index (χ1v) is 12.4. The molecule has 1 aliphatic heterocycles.